The molecule has 0 radical (unpaired) electrons. The number of sulfonamides is 1. The lowest BCUT2D eigenvalue weighted by Crippen LogP contribution is -2.54. The van der Waals surface area contributed by atoms with Gasteiger partial charge in [0, 0.05) is 44.2 Å². The number of carbonyl (C=O) groups excluding carboxylic acids is 1. The van der Waals surface area contributed by atoms with E-state index in [1.807, 2.05) is 11.8 Å². The fraction of sp³-hybridized carbons (Fsp3) is 0.800. The van der Waals surface area contributed by atoms with Gasteiger partial charge in [-0.2, -0.15) is 0 Å². The number of nitrogens with zero attached hydrogens (tertiary/aromatic N) is 3. The fourth-order valence-electron chi connectivity index (χ4n) is 4.81. The van der Waals surface area contributed by atoms with E-state index in [0.717, 1.165) is 50.1 Å². The van der Waals surface area contributed by atoms with Crippen molar-refractivity contribution in [2.24, 2.45) is 5.92 Å². The lowest BCUT2D eigenvalue weighted by Gasteiger charge is -2.44. The number of aromatic nitrogens is 1. The Morgan fingerprint density at radius 3 is 2.21 bits per heavy atom. The molecular formula is C20H32N4O3S2. The Morgan fingerprint density at radius 1 is 1.03 bits per heavy atom. The van der Waals surface area contributed by atoms with Crippen molar-refractivity contribution in [2.45, 2.75) is 75.1 Å². The first kappa shape index (κ1) is 21.2. The van der Waals surface area contributed by atoms with Crippen molar-refractivity contribution in [2.75, 3.05) is 26.2 Å². The summed E-state index contributed by atoms with van der Waals surface area (Å²) in [5, 5.41) is 0.759. The van der Waals surface area contributed by atoms with Crippen LogP contribution in [0.25, 0.3) is 0 Å². The summed E-state index contributed by atoms with van der Waals surface area (Å²) in [7, 11) is -3.53. The Morgan fingerprint density at radius 2 is 1.69 bits per heavy atom. The second-order valence-electron chi connectivity index (χ2n) is 8.72. The van der Waals surface area contributed by atoms with Crippen molar-refractivity contribution in [1.82, 2.24) is 19.5 Å². The number of nitrogens with one attached hydrogen (secondary N) is 1. The first-order valence-corrected chi connectivity index (χ1v) is 13.1. The third-order valence-electron chi connectivity index (χ3n) is 6.72. The van der Waals surface area contributed by atoms with Gasteiger partial charge in [-0.15, -0.1) is 11.3 Å². The molecule has 3 aliphatic rings. The summed E-state index contributed by atoms with van der Waals surface area (Å²) in [4.78, 5) is 21.7. The number of hydrogen-bond donors (Lipinski definition) is 1. The van der Waals surface area contributed by atoms with Gasteiger partial charge in [-0.05, 0) is 52.4 Å². The van der Waals surface area contributed by atoms with Crippen LogP contribution in [0.2, 0.25) is 0 Å². The zero-order valence-corrected chi connectivity index (χ0v) is 19.0. The fourth-order valence-corrected chi connectivity index (χ4v) is 7.62. The average Bonchev–Trinajstić information content (AvgIpc) is 3.00. The Kier molecular flexibility index (Phi) is 6.30. The van der Waals surface area contributed by atoms with Crippen LogP contribution in [0.15, 0.2) is 4.21 Å². The minimum absolute atomic E-state index is 0.0402. The van der Waals surface area contributed by atoms with E-state index in [1.165, 1.54) is 30.6 Å². The zero-order chi connectivity index (χ0) is 20.6. The molecular weight excluding hydrogens is 408 g/mol. The summed E-state index contributed by atoms with van der Waals surface area (Å²) in [6.07, 6.45) is 6.93. The molecule has 0 spiro atoms. The smallest absolute Gasteiger partial charge is 0.252 e. The van der Waals surface area contributed by atoms with Gasteiger partial charge in [-0.1, -0.05) is 6.42 Å². The minimum atomic E-state index is -3.53. The lowest BCUT2D eigenvalue weighted by molar-refractivity contribution is -0.139. The van der Waals surface area contributed by atoms with Crippen molar-refractivity contribution in [3.63, 3.8) is 0 Å². The van der Waals surface area contributed by atoms with E-state index >= 15 is 0 Å². The molecule has 7 nitrogen and oxygen atoms in total. The maximum Gasteiger partial charge on any atom is 0.252 e. The molecule has 9 heteroatoms. The molecule has 1 aromatic rings. The van der Waals surface area contributed by atoms with E-state index in [1.54, 1.807) is 6.92 Å². The standard InChI is InChI=1S/C20H32N4O3S2/c1-14-20(28-15(2)21-14)29(26,27)22-17-8-6-16(7-9-17)19(25)24-12-10-23(11-13-24)18-4-3-5-18/h16-18,22H,3-13H2,1-2H3/t16-,17-. The van der Waals surface area contributed by atoms with Crippen molar-refractivity contribution >= 4 is 27.3 Å². The molecule has 29 heavy (non-hydrogen) atoms. The number of piperazine rings is 1. The Labute approximate surface area is 177 Å². The highest BCUT2D eigenvalue weighted by atomic mass is 32.2. The van der Waals surface area contributed by atoms with Crippen LogP contribution in [0.3, 0.4) is 0 Å². The monoisotopic (exact) mass is 440 g/mol. The van der Waals surface area contributed by atoms with Gasteiger partial charge < -0.3 is 4.90 Å². The Bertz CT molecular complexity index is 834. The van der Waals surface area contributed by atoms with Crippen molar-refractivity contribution < 1.29 is 13.2 Å². The number of rotatable bonds is 5. The van der Waals surface area contributed by atoms with Crippen LogP contribution in [0.1, 0.15) is 55.6 Å². The lowest BCUT2D eigenvalue weighted by atomic mass is 9.85. The molecule has 2 saturated carbocycles. The number of aryl methyl sites for hydroxylation is 2. The van der Waals surface area contributed by atoms with E-state index in [0.29, 0.717) is 22.7 Å². The molecule has 1 aliphatic heterocycles. The van der Waals surface area contributed by atoms with E-state index in [2.05, 4.69) is 14.6 Å². The normalized spacial score (nSPS) is 27.0. The third kappa shape index (κ3) is 4.68. The van der Waals surface area contributed by atoms with Crippen LogP contribution in [-0.2, 0) is 14.8 Å². The van der Waals surface area contributed by atoms with Gasteiger partial charge >= 0.3 is 0 Å². The van der Waals surface area contributed by atoms with Crippen molar-refractivity contribution in [3.05, 3.63) is 10.7 Å². The number of hydrogen-bond acceptors (Lipinski definition) is 6. The molecule has 1 N–H and O–H groups in total. The highest BCUT2D eigenvalue weighted by molar-refractivity contribution is 7.91. The summed E-state index contributed by atoms with van der Waals surface area (Å²) in [5.74, 6) is 0.312. The van der Waals surface area contributed by atoms with E-state index in [4.69, 9.17) is 0 Å². The molecule has 0 bridgehead atoms. The molecule has 0 unspecified atom stereocenters. The molecule has 162 valence electrons. The average molecular weight is 441 g/mol. The molecule has 1 saturated heterocycles. The number of thiazole rings is 1. The molecule has 4 rings (SSSR count). The van der Waals surface area contributed by atoms with Gasteiger partial charge in [0.1, 0.15) is 0 Å². The second-order valence-corrected chi connectivity index (χ2v) is 11.8. The molecule has 0 aromatic carbocycles. The highest BCUT2D eigenvalue weighted by Gasteiger charge is 2.34. The van der Waals surface area contributed by atoms with Gasteiger partial charge in [0.25, 0.3) is 10.0 Å². The van der Waals surface area contributed by atoms with Gasteiger partial charge in [0.15, 0.2) is 4.21 Å². The van der Waals surface area contributed by atoms with Crippen LogP contribution < -0.4 is 4.72 Å². The largest absolute Gasteiger partial charge is 0.340 e. The Hall–Kier alpha value is -1.03. The molecule has 2 aliphatic carbocycles. The van der Waals surface area contributed by atoms with E-state index in [-0.39, 0.29) is 17.9 Å². The van der Waals surface area contributed by atoms with E-state index < -0.39 is 10.0 Å². The van der Waals surface area contributed by atoms with Crippen LogP contribution >= 0.6 is 11.3 Å². The highest BCUT2D eigenvalue weighted by Crippen LogP contribution is 2.30. The van der Waals surface area contributed by atoms with Gasteiger partial charge in [0.2, 0.25) is 5.91 Å². The van der Waals surface area contributed by atoms with Gasteiger partial charge in [-0.25, -0.2) is 18.1 Å². The molecule has 1 amide bonds. The zero-order valence-electron chi connectivity index (χ0n) is 17.4. The predicted octanol–water partition coefficient (Wildman–Crippen LogP) is 2.29. The third-order valence-corrected chi connectivity index (χ3v) is 9.92. The van der Waals surface area contributed by atoms with Crippen LogP contribution in [0.4, 0.5) is 0 Å². The maximum absolute atomic E-state index is 12.9. The first-order valence-electron chi connectivity index (χ1n) is 10.8. The number of carbonyl (C=O) groups is 1. The molecule has 0 atom stereocenters. The summed E-state index contributed by atoms with van der Waals surface area (Å²) in [6.45, 7) is 7.23. The SMILES string of the molecule is Cc1nc(C)c(S(=O)(=O)N[C@H]2CC[C@H](C(=O)N3CCN(C4CCC4)CC3)CC2)s1. The molecule has 1 aromatic heterocycles. The maximum atomic E-state index is 12.9. The molecule has 2 heterocycles. The Balaban J connectivity index is 1.26. The van der Waals surface area contributed by atoms with Crippen LogP contribution in [0.5, 0.6) is 0 Å². The van der Waals surface area contributed by atoms with Gasteiger partial charge in [0.05, 0.1) is 10.7 Å². The van der Waals surface area contributed by atoms with Crippen molar-refractivity contribution in [3.8, 4) is 0 Å². The summed E-state index contributed by atoms with van der Waals surface area (Å²) >= 11 is 1.22. The van der Waals surface area contributed by atoms with Crippen LogP contribution in [-0.4, -0.2) is 67.4 Å². The quantitative estimate of drug-likeness (QED) is 0.760. The second kappa shape index (κ2) is 8.61. The van der Waals surface area contributed by atoms with Gasteiger partial charge in [-0.3, -0.25) is 9.69 Å². The number of amides is 1. The van der Waals surface area contributed by atoms with E-state index in [9.17, 15) is 13.2 Å². The first-order chi connectivity index (χ1) is 13.8. The summed E-state index contributed by atoms with van der Waals surface area (Å²) < 4.78 is 28.5. The van der Waals surface area contributed by atoms with Crippen molar-refractivity contribution in [1.29, 1.82) is 0 Å². The minimum Gasteiger partial charge on any atom is -0.340 e. The summed E-state index contributed by atoms with van der Waals surface area (Å²) in [6, 6.07) is 0.656. The molecule has 3 fully saturated rings. The van der Waals surface area contributed by atoms with Crippen LogP contribution in [0, 0.1) is 19.8 Å². The topological polar surface area (TPSA) is 82.6 Å². The summed E-state index contributed by atoms with van der Waals surface area (Å²) in [5.41, 5.74) is 0.560. The predicted molar refractivity (Wildman–Crippen MR) is 113 cm³/mol.